The number of carbonyl (C=O) groups is 2. The molecule has 0 unspecified atom stereocenters. The number of Topliss-reactive ketones (excluding diaryl/α,β-unsaturated/α-hetero) is 1. The summed E-state index contributed by atoms with van der Waals surface area (Å²) < 4.78 is 21.5. The predicted octanol–water partition coefficient (Wildman–Crippen LogP) is 5.92. The second kappa shape index (κ2) is 10.3. The van der Waals surface area contributed by atoms with E-state index in [1.54, 1.807) is 24.3 Å². The van der Waals surface area contributed by atoms with Crippen molar-refractivity contribution in [2.75, 3.05) is 4.90 Å². The fraction of sp³-hybridized carbons (Fsp3) is 0.172. The maximum absolute atomic E-state index is 15.2. The maximum atomic E-state index is 15.2. The van der Waals surface area contributed by atoms with E-state index in [2.05, 4.69) is 10.2 Å². The lowest BCUT2D eigenvalue weighted by molar-refractivity contribution is -0.132. The predicted molar refractivity (Wildman–Crippen MR) is 147 cm³/mol. The number of aliphatic hydroxyl groups is 1. The van der Waals surface area contributed by atoms with Crippen LogP contribution < -0.4 is 9.64 Å². The summed E-state index contributed by atoms with van der Waals surface area (Å²) in [6, 6.07) is 19.6. The number of thioether (sulfide) groups is 1. The molecule has 0 saturated carbocycles. The fourth-order valence-electron chi connectivity index (χ4n) is 4.82. The molecule has 3 heterocycles. The molecule has 1 saturated heterocycles. The van der Waals surface area contributed by atoms with E-state index in [9.17, 15) is 14.7 Å². The molecule has 3 aromatic carbocycles. The molecule has 4 aromatic rings. The molecule has 0 bridgehead atoms. The van der Waals surface area contributed by atoms with Gasteiger partial charge in [-0.15, -0.1) is 10.2 Å². The molecular weight excluding hydrogens is 537 g/mol. The quantitative estimate of drug-likeness (QED) is 0.103. The number of benzene rings is 3. The summed E-state index contributed by atoms with van der Waals surface area (Å²) in [4.78, 5) is 27.9. The zero-order chi connectivity index (χ0) is 27.1. The van der Waals surface area contributed by atoms with Gasteiger partial charge >= 0.3 is 5.91 Å². The van der Waals surface area contributed by atoms with E-state index in [0.29, 0.717) is 27.8 Å². The van der Waals surface area contributed by atoms with E-state index in [1.165, 1.54) is 30.0 Å². The monoisotopic (exact) mass is 559 g/mol. The minimum absolute atomic E-state index is 0.00671. The average molecular weight is 560 g/mol. The van der Waals surface area contributed by atoms with Gasteiger partial charge in [-0.05, 0) is 42.3 Å². The second-order valence-electron chi connectivity index (χ2n) is 9.27. The first-order valence-corrected chi connectivity index (χ1v) is 14.1. The number of aromatic nitrogens is 2. The third-order valence-corrected chi connectivity index (χ3v) is 8.75. The van der Waals surface area contributed by atoms with Crippen molar-refractivity contribution in [3.05, 3.63) is 106 Å². The van der Waals surface area contributed by atoms with E-state index in [1.807, 2.05) is 37.3 Å². The lowest BCUT2D eigenvalue weighted by Gasteiger charge is -2.22. The highest BCUT2D eigenvalue weighted by atomic mass is 32.2. The zero-order valence-electron chi connectivity index (χ0n) is 20.7. The molecule has 6 rings (SSSR count). The van der Waals surface area contributed by atoms with Crippen LogP contribution in [-0.2, 0) is 21.8 Å². The number of fused-ring (bicyclic) bond motifs is 1. The smallest absolute Gasteiger partial charge is 0.301 e. The number of carbonyl (C=O) groups excluding carboxylic acids is 2. The molecule has 7 nitrogen and oxygen atoms in total. The van der Waals surface area contributed by atoms with Gasteiger partial charge in [0.05, 0.1) is 5.57 Å². The first-order chi connectivity index (χ1) is 18.9. The van der Waals surface area contributed by atoms with Gasteiger partial charge in [0.25, 0.3) is 5.78 Å². The van der Waals surface area contributed by atoms with E-state index < -0.39 is 23.5 Å². The Balaban J connectivity index is 1.41. The molecule has 196 valence electrons. The minimum Gasteiger partial charge on any atom is -0.507 e. The Kier molecular flexibility index (Phi) is 6.66. The van der Waals surface area contributed by atoms with Gasteiger partial charge in [0.15, 0.2) is 4.34 Å². The summed E-state index contributed by atoms with van der Waals surface area (Å²) in [5.41, 5.74) is 2.20. The molecule has 0 aliphatic carbocycles. The molecule has 2 aliphatic heterocycles. The van der Waals surface area contributed by atoms with Gasteiger partial charge in [-0.1, -0.05) is 71.6 Å². The normalized spacial score (nSPS) is 19.8. The van der Waals surface area contributed by atoms with Crippen molar-refractivity contribution in [1.82, 2.24) is 10.2 Å². The number of rotatable bonds is 6. The fourth-order valence-corrected chi connectivity index (χ4v) is 6.65. The van der Waals surface area contributed by atoms with Gasteiger partial charge in [-0.25, -0.2) is 4.39 Å². The van der Waals surface area contributed by atoms with Crippen LogP contribution in [0.25, 0.3) is 5.76 Å². The highest BCUT2D eigenvalue weighted by Gasteiger charge is 2.49. The van der Waals surface area contributed by atoms with E-state index in [4.69, 9.17) is 4.74 Å². The Morgan fingerprint density at radius 2 is 1.87 bits per heavy atom. The molecule has 1 aromatic heterocycles. The van der Waals surface area contributed by atoms with Crippen LogP contribution in [-0.4, -0.2) is 33.1 Å². The standard InChI is InChI=1S/C29H22FN3O4S2/c1-16-13-19-14-18(11-12-22(19)37-16)25(34)23-24(20-9-5-6-10-21(20)30)33(27(36)26(23)35)28-31-32-29(39-28)38-15-17-7-3-2-4-8-17/h2-12,14,16,24,34H,13,15H2,1H3/t16-,24+/m1/s1. The molecule has 1 N–H and O–H groups in total. The van der Waals surface area contributed by atoms with Gasteiger partial charge in [-0.3, -0.25) is 14.5 Å². The van der Waals surface area contributed by atoms with Gasteiger partial charge < -0.3 is 9.84 Å². The molecule has 2 atom stereocenters. The number of hydrogen-bond donors (Lipinski definition) is 1. The SMILES string of the molecule is C[C@@H]1Cc2cc(C(O)=C3C(=O)C(=O)N(c4nnc(SCc5ccccc5)s4)[C@H]3c3ccccc3F)ccc2O1. The Bertz CT molecular complexity index is 1620. The lowest BCUT2D eigenvalue weighted by Crippen LogP contribution is -2.29. The van der Waals surface area contributed by atoms with Crippen molar-refractivity contribution < 1.29 is 23.8 Å². The van der Waals surface area contributed by atoms with Crippen LogP contribution in [0.5, 0.6) is 5.75 Å². The van der Waals surface area contributed by atoms with Gasteiger partial charge in [0, 0.05) is 23.3 Å². The Hall–Kier alpha value is -4.02. The molecular formula is C29H22FN3O4S2. The molecule has 0 spiro atoms. The van der Waals surface area contributed by atoms with Crippen LogP contribution in [0.2, 0.25) is 0 Å². The molecule has 2 aliphatic rings. The Labute approximate surface area is 232 Å². The van der Waals surface area contributed by atoms with Crippen LogP contribution in [0.4, 0.5) is 9.52 Å². The van der Waals surface area contributed by atoms with Crippen LogP contribution in [0, 0.1) is 5.82 Å². The zero-order valence-corrected chi connectivity index (χ0v) is 22.3. The largest absolute Gasteiger partial charge is 0.507 e. The third-order valence-electron chi connectivity index (χ3n) is 6.62. The van der Waals surface area contributed by atoms with E-state index in [0.717, 1.165) is 27.4 Å². The van der Waals surface area contributed by atoms with Crippen molar-refractivity contribution >= 4 is 45.7 Å². The summed E-state index contributed by atoms with van der Waals surface area (Å²) >= 11 is 2.58. The molecule has 39 heavy (non-hydrogen) atoms. The number of hydrogen-bond acceptors (Lipinski definition) is 8. The highest BCUT2D eigenvalue weighted by molar-refractivity contribution is 8.00. The summed E-state index contributed by atoms with van der Waals surface area (Å²) in [7, 11) is 0. The number of ketones is 1. The average Bonchev–Trinajstić information content (AvgIpc) is 3.63. The van der Waals surface area contributed by atoms with Crippen molar-refractivity contribution in [1.29, 1.82) is 0 Å². The topological polar surface area (TPSA) is 92.6 Å². The highest BCUT2D eigenvalue weighted by Crippen LogP contribution is 2.45. The molecule has 10 heteroatoms. The van der Waals surface area contributed by atoms with Gasteiger partial charge in [0.1, 0.15) is 29.5 Å². The Morgan fingerprint density at radius 3 is 2.67 bits per heavy atom. The molecule has 1 amide bonds. The Morgan fingerprint density at radius 1 is 1.10 bits per heavy atom. The summed E-state index contributed by atoms with van der Waals surface area (Å²) in [5.74, 6) is -1.46. The van der Waals surface area contributed by atoms with E-state index in [-0.39, 0.29) is 28.1 Å². The second-order valence-corrected chi connectivity index (χ2v) is 11.4. The number of ether oxygens (including phenoxy) is 1. The van der Waals surface area contributed by atoms with Crippen molar-refractivity contribution in [2.24, 2.45) is 0 Å². The van der Waals surface area contributed by atoms with Gasteiger partial charge in [-0.2, -0.15) is 0 Å². The lowest BCUT2D eigenvalue weighted by atomic mass is 9.94. The first kappa shape index (κ1) is 25.3. The van der Waals surface area contributed by atoms with Crippen LogP contribution >= 0.6 is 23.1 Å². The number of amides is 1. The van der Waals surface area contributed by atoms with Crippen LogP contribution in [0.15, 0.2) is 82.7 Å². The van der Waals surface area contributed by atoms with Crippen molar-refractivity contribution in [3.63, 3.8) is 0 Å². The third kappa shape index (κ3) is 4.70. The van der Waals surface area contributed by atoms with Crippen LogP contribution in [0.1, 0.15) is 35.2 Å². The first-order valence-electron chi connectivity index (χ1n) is 12.3. The summed E-state index contributed by atoms with van der Waals surface area (Å²) in [5, 5.41) is 19.9. The molecule has 0 radical (unpaired) electrons. The summed E-state index contributed by atoms with van der Waals surface area (Å²) in [6.07, 6.45) is 0.642. The van der Waals surface area contributed by atoms with Crippen molar-refractivity contribution in [2.45, 2.75) is 35.6 Å². The maximum Gasteiger partial charge on any atom is 0.301 e. The minimum atomic E-state index is -1.21. The van der Waals surface area contributed by atoms with Gasteiger partial charge in [0.2, 0.25) is 5.13 Å². The van der Waals surface area contributed by atoms with Crippen molar-refractivity contribution in [3.8, 4) is 5.75 Å². The number of nitrogens with zero attached hydrogens (tertiary/aromatic N) is 3. The number of anilines is 1. The summed E-state index contributed by atoms with van der Waals surface area (Å²) in [6.45, 7) is 1.94. The van der Waals surface area contributed by atoms with Crippen LogP contribution in [0.3, 0.4) is 0 Å². The number of aliphatic hydroxyl groups excluding tert-OH is 1. The molecule has 1 fully saturated rings. The van der Waals surface area contributed by atoms with E-state index >= 15 is 4.39 Å². The number of halogens is 1.